The van der Waals surface area contributed by atoms with Crippen LogP contribution in [-0.4, -0.2) is 61.2 Å². The summed E-state index contributed by atoms with van der Waals surface area (Å²) in [5, 5.41) is 3.50. The lowest BCUT2D eigenvalue weighted by atomic mass is 10.1. The maximum Gasteiger partial charge on any atom is 0.0224 e. The van der Waals surface area contributed by atoms with Gasteiger partial charge in [0.25, 0.3) is 0 Å². The number of nitrogens with zero attached hydrogens (tertiary/aromatic N) is 2. The molecule has 0 saturated carbocycles. The minimum atomic E-state index is 0.642. The molecule has 0 bridgehead atoms. The van der Waals surface area contributed by atoms with Crippen LogP contribution in [0.1, 0.15) is 26.7 Å². The van der Waals surface area contributed by atoms with Crippen molar-refractivity contribution in [2.24, 2.45) is 0 Å². The third-order valence-corrected chi connectivity index (χ3v) is 3.76. The maximum atomic E-state index is 3.50. The van der Waals surface area contributed by atoms with Crippen LogP contribution in [0.15, 0.2) is 0 Å². The van der Waals surface area contributed by atoms with Gasteiger partial charge in [-0.15, -0.1) is 0 Å². The van der Waals surface area contributed by atoms with E-state index in [2.05, 4.69) is 29.0 Å². The number of likely N-dealkylation sites (N-methyl/N-ethyl adjacent to an activating group) is 1. The molecule has 2 rings (SSSR count). The molecule has 88 valence electrons. The number of piperazine rings is 1. The summed E-state index contributed by atoms with van der Waals surface area (Å²) in [6.07, 6.45) is 2.84. The largest absolute Gasteiger partial charge is 0.313 e. The summed E-state index contributed by atoms with van der Waals surface area (Å²) in [7, 11) is 0. The van der Waals surface area contributed by atoms with Crippen molar-refractivity contribution < 1.29 is 0 Å². The number of hydrogen-bond donors (Lipinski definition) is 1. The first-order valence-electron chi connectivity index (χ1n) is 6.49. The molecule has 3 heteroatoms. The van der Waals surface area contributed by atoms with E-state index < -0.39 is 0 Å². The second kappa shape index (κ2) is 5.28. The van der Waals surface area contributed by atoms with Gasteiger partial charge < -0.3 is 5.32 Å². The van der Waals surface area contributed by atoms with E-state index >= 15 is 0 Å². The fourth-order valence-electron chi connectivity index (χ4n) is 3.02. The van der Waals surface area contributed by atoms with Gasteiger partial charge in [-0.05, 0) is 32.9 Å². The minimum Gasteiger partial charge on any atom is -0.313 e. The van der Waals surface area contributed by atoms with Gasteiger partial charge >= 0.3 is 0 Å². The van der Waals surface area contributed by atoms with E-state index in [9.17, 15) is 0 Å². The molecule has 0 aromatic carbocycles. The van der Waals surface area contributed by atoms with Crippen molar-refractivity contribution in [2.45, 2.75) is 38.8 Å². The summed E-state index contributed by atoms with van der Waals surface area (Å²) < 4.78 is 0. The van der Waals surface area contributed by atoms with Crippen LogP contribution < -0.4 is 5.32 Å². The first-order valence-corrected chi connectivity index (χ1v) is 6.49. The molecular weight excluding hydrogens is 186 g/mol. The lowest BCUT2D eigenvalue weighted by molar-refractivity contribution is 0.0981. The van der Waals surface area contributed by atoms with E-state index in [-0.39, 0.29) is 0 Å². The van der Waals surface area contributed by atoms with Crippen molar-refractivity contribution in [3.63, 3.8) is 0 Å². The average Bonchev–Trinajstić information content (AvgIpc) is 2.65. The molecule has 2 atom stereocenters. The van der Waals surface area contributed by atoms with Crippen LogP contribution in [0.2, 0.25) is 0 Å². The van der Waals surface area contributed by atoms with Gasteiger partial charge in [0.15, 0.2) is 0 Å². The zero-order valence-corrected chi connectivity index (χ0v) is 10.2. The molecule has 2 fully saturated rings. The molecule has 1 N–H and O–H groups in total. The molecule has 0 aromatic heterocycles. The third kappa shape index (κ3) is 2.92. The SMILES string of the molecule is CCNC(C)CN1CCN2CCCC2C1. The summed E-state index contributed by atoms with van der Waals surface area (Å²) in [6.45, 7) is 12.0. The number of fused-ring (bicyclic) bond motifs is 1. The molecule has 0 spiro atoms. The van der Waals surface area contributed by atoms with Crippen molar-refractivity contribution in [3.8, 4) is 0 Å². The van der Waals surface area contributed by atoms with Crippen LogP contribution in [-0.2, 0) is 0 Å². The van der Waals surface area contributed by atoms with Crippen molar-refractivity contribution in [2.75, 3.05) is 39.3 Å². The summed E-state index contributed by atoms with van der Waals surface area (Å²) in [4.78, 5) is 5.31. The fourth-order valence-corrected chi connectivity index (χ4v) is 3.02. The molecule has 0 aromatic rings. The zero-order valence-electron chi connectivity index (χ0n) is 10.2. The maximum absolute atomic E-state index is 3.50. The Bertz CT molecular complexity index is 195. The van der Waals surface area contributed by atoms with Gasteiger partial charge in [0.1, 0.15) is 0 Å². The molecule has 3 nitrogen and oxygen atoms in total. The lowest BCUT2D eigenvalue weighted by Crippen LogP contribution is -2.52. The summed E-state index contributed by atoms with van der Waals surface area (Å²) in [5.74, 6) is 0. The molecule has 0 amide bonds. The quantitative estimate of drug-likeness (QED) is 0.741. The average molecular weight is 211 g/mol. The standard InChI is InChI=1S/C12H25N3/c1-3-13-11(2)9-14-7-8-15-6-4-5-12(15)10-14/h11-13H,3-10H2,1-2H3. The molecule has 2 aliphatic rings. The van der Waals surface area contributed by atoms with Gasteiger partial charge in [-0.3, -0.25) is 9.80 Å². The number of hydrogen-bond acceptors (Lipinski definition) is 3. The normalized spacial score (nSPS) is 30.4. The van der Waals surface area contributed by atoms with Crippen LogP contribution >= 0.6 is 0 Å². The molecule has 15 heavy (non-hydrogen) atoms. The molecule has 0 aliphatic carbocycles. The Morgan fingerprint density at radius 3 is 3.00 bits per heavy atom. The van der Waals surface area contributed by atoms with Crippen molar-refractivity contribution in [3.05, 3.63) is 0 Å². The van der Waals surface area contributed by atoms with E-state index in [1.165, 1.54) is 45.6 Å². The minimum absolute atomic E-state index is 0.642. The Balaban J connectivity index is 1.75. The van der Waals surface area contributed by atoms with Gasteiger partial charge in [-0.25, -0.2) is 0 Å². The van der Waals surface area contributed by atoms with Crippen molar-refractivity contribution >= 4 is 0 Å². The van der Waals surface area contributed by atoms with Crippen LogP contribution in [0.3, 0.4) is 0 Å². The van der Waals surface area contributed by atoms with E-state index in [0.717, 1.165) is 12.6 Å². The smallest absolute Gasteiger partial charge is 0.0224 e. The first kappa shape index (κ1) is 11.4. The first-order chi connectivity index (χ1) is 7.29. The molecule has 0 radical (unpaired) electrons. The van der Waals surface area contributed by atoms with Crippen molar-refractivity contribution in [1.29, 1.82) is 0 Å². The van der Waals surface area contributed by atoms with Gasteiger partial charge in [0, 0.05) is 38.3 Å². The highest BCUT2D eigenvalue weighted by Crippen LogP contribution is 2.21. The Labute approximate surface area is 93.8 Å². The highest BCUT2D eigenvalue weighted by molar-refractivity contribution is 4.87. The molecule has 2 unspecified atom stereocenters. The molecule has 2 heterocycles. The third-order valence-electron chi connectivity index (χ3n) is 3.76. The van der Waals surface area contributed by atoms with Gasteiger partial charge in [-0.1, -0.05) is 6.92 Å². The van der Waals surface area contributed by atoms with Gasteiger partial charge in [-0.2, -0.15) is 0 Å². The Hall–Kier alpha value is -0.120. The molecule has 2 aliphatic heterocycles. The summed E-state index contributed by atoms with van der Waals surface area (Å²) >= 11 is 0. The molecule has 2 saturated heterocycles. The lowest BCUT2D eigenvalue weighted by Gasteiger charge is -2.38. The van der Waals surface area contributed by atoms with E-state index in [0.29, 0.717) is 6.04 Å². The Kier molecular flexibility index (Phi) is 4.00. The predicted molar refractivity (Wildman–Crippen MR) is 64.2 cm³/mol. The van der Waals surface area contributed by atoms with Crippen LogP contribution in [0.5, 0.6) is 0 Å². The zero-order chi connectivity index (χ0) is 10.7. The second-order valence-electron chi connectivity index (χ2n) is 5.05. The monoisotopic (exact) mass is 211 g/mol. The predicted octanol–water partition coefficient (Wildman–Crippen LogP) is 0.764. The highest BCUT2D eigenvalue weighted by atomic mass is 15.3. The van der Waals surface area contributed by atoms with E-state index in [4.69, 9.17) is 0 Å². The van der Waals surface area contributed by atoms with Crippen LogP contribution in [0, 0.1) is 0 Å². The summed E-state index contributed by atoms with van der Waals surface area (Å²) in [6, 6.07) is 1.51. The Morgan fingerprint density at radius 2 is 2.20 bits per heavy atom. The second-order valence-corrected chi connectivity index (χ2v) is 5.05. The Morgan fingerprint density at radius 1 is 1.33 bits per heavy atom. The van der Waals surface area contributed by atoms with E-state index in [1.54, 1.807) is 0 Å². The van der Waals surface area contributed by atoms with Gasteiger partial charge in [0.2, 0.25) is 0 Å². The number of rotatable bonds is 4. The highest BCUT2D eigenvalue weighted by Gasteiger charge is 2.30. The fraction of sp³-hybridized carbons (Fsp3) is 1.00. The number of nitrogens with one attached hydrogen (secondary N) is 1. The summed E-state index contributed by atoms with van der Waals surface area (Å²) in [5.41, 5.74) is 0. The molecular formula is C12H25N3. The van der Waals surface area contributed by atoms with Crippen LogP contribution in [0.4, 0.5) is 0 Å². The van der Waals surface area contributed by atoms with Gasteiger partial charge in [0.05, 0.1) is 0 Å². The van der Waals surface area contributed by atoms with Crippen molar-refractivity contribution in [1.82, 2.24) is 15.1 Å². The topological polar surface area (TPSA) is 18.5 Å². The van der Waals surface area contributed by atoms with E-state index in [1.807, 2.05) is 0 Å². The van der Waals surface area contributed by atoms with Crippen LogP contribution in [0.25, 0.3) is 0 Å².